The molecule has 2 atom stereocenters. The van der Waals surface area contributed by atoms with E-state index in [9.17, 15) is 4.79 Å². The summed E-state index contributed by atoms with van der Waals surface area (Å²) >= 11 is 11.8. The van der Waals surface area contributed by atoms with Gasteiger partial charge in [-0.3, -0.25) is 4.79 Å². The molecule has 0 aliphatic carbocycles. The van der Waals surface area contributed by atoms with Gasteiger partial charge >= 0.3 is 0 Å². The molecule has 4 nitrogen and oxygen atoms in total. The van der Waals surface area contributed by atoms with Crippen LogP contribution < -0.4 is 10.6 Å². The number of ether oxygens (including phenoxy) is 1. The molecule has 19 heavy (non-hydrogen) atoms. The number of carbonyl (C=O) groups is 1. The molecule has 0 saturated carbocycles. The van der Waals surface area contributed by atoms with Gasteiger partial charge in [-0.2, -0.15) is 0 Å². The van der Waals surface area contributed by atoms with Crippen molar-refractivity contribution in [3.8, 4) is 0 Å². The maximum absolute atomic E-state index is 12.0. The molecule has 1 rings (SSSR count). The summed E-state index contributed by atoms with van der Waals surface area (Å²) in [6.07, 6.45) is 0. The van der Waals surface area contributed by atoms with E-state index in [0.29, 0.717) is 22.3 Å². The van der Waals surface area contributed by atoms with Crippen LogP contribution in [0.15, 0.2) is 18.2 Å². The Morgan fingerprint density at radius 1 is 1.37 bits per heavy atom. The van der Waals surface area contributed by atoms with E-state index in [4.69, 9.17) is 27.9 Å². The van der Waals surface area contributed by atoms with E-state index in [2.05, 4.69) is 10.6 Å². The third-order valence-corrected chi connectivity index (χ3v) is 3.10. The Morgan fingerprint density at radius 3 is 2.68 bits per heavy atom. The van der Waals surface area contributed by atoms with E-state index >= 15 is 0 Å². The normalized spacial score (nSPS) is 13.9. The van der Waals surface area contributed by atoms with Crippen molar-refractivity contribution in [1.82, 2.24) is 5.32 Å². The first-order chi connectivity index (χ1) is 8.93. The van der Waals surface area contributed by atoms with Gasteiger partial charge in [-0.15, -0.1) is 0 Å². The lowest BCUT2D eigenvalue weighted by molar-refractivity contribution is -0.118. The summed E-state index contributed by atoms with van der Waals surface area (Å²) in [6.45, 7) is 4.26. The van der Waals surface area contributed by atoms with Crippen molar-refractivity contribution in [2.45, 2.75) is 25.9 Å². The smallest absolute Gasteiger partial charge is 0.241 e. The van der Waals surface area contributed by atoms with E-state index in [1.165, 1.54) is 0 Å². The summed E-state index contributed by atoms with van der Waals surface area (Å²) in [5, 5.41) is 6.84. The largest absolute Gasteiger partial charge is 0.383 e. The molecule has 0 fully saturated rings. The minimum atomic E-state index is -0.361. The van der Waals surface area contributed by atoms with Crippen LogP contribution in [-0.4, -0.2) is 31.7 Å². The van der Waals surface area contributed by atoms with E-state index in [1.54, 1.807) is 32.2 Å². The van der Waals surface area contributed by atoms with Gasteiger partial charge in [-0.25, -0.2) is 0 Å². The van der Waals surface area contributed by atoms with Gasteiger partial charge in [0.15, 0.2) is 0 Å². The van der Waals surface area contributed by atoms with Gasteiger partial charge in [0.05, 0.1) is 23.4 Å². The first-order valence-electron chi connectivity index (χ1n) is 5.95. The number of rotatable bonds is 6. The summed E-state index contributed by atoms with van der Waals surface area (Å²) in [7, 11) is 1.62. The highest BCUT2D eigenvalue weighted by atomic mass is 35.5. The minimum Gasteiger partial charge on any atom is -0.383 e. The minimum absolute atomic E-state index is 0.0839. The number of methoxy groups -OCH3 is 1. The summed E-state index contributed by atoms with van der Waals surface area (Å²) in [5.41, 5.74) is 0.507. The first kappa shape index (κ1) is 16.2. The second kappa shape index (κ2) is 7.70. The average Bonchev–Trinajstić information content (AvgIpc) is 2.34. The zero-order chi connectivity index (χ0) is 14.4. The summed E-state index contributed by atoms with van der Waals surface area (Å²) in [4.78, 5) is 12.0. The van der Waals surface area contributed by atoms with E-state index < -0.39 is 0 Å². The molecule has 0 bridgehead atoms. The van der Waals surface area contributed by atoms with Crippen LogP contribution in [0.5, 0.6) is 0 Å². The van der Waals surface area contributed by atoms with Crippen molar-refractivity contribution in [3.05, 3.63) is 28.2 Å². The molecule has 0 radical (unpaired) electrons. The maximum Gasteiger partial charge on any atom is 0.241 e. The van der Waals surface area contributed by atoms with Gasteiger partial charge in [-0.05, 0) is 32.0 Å². The lowest BCUT2D eigenvalue weighted by atomic mass is 10.2. The van der Waals surface area contributed by atoms with Crippen LogP contribution in [0.2, 0.25) is 10.0 Å². The van der Waals surface area contributed by atoms with Crippen LogP contribution in [0.4, 0.5) is 5.69 Å². The van der Waals surface area contributed by atoms with Crippen LogP contribution in [0.25, 0.3) is 0 Å². The number of anilines is 1. The molecular formula is C13H18Cl2N2O2. The predicted octanol–water partition coefficient (Wildman–Crippen LogP) is 2.94. The lowest BCUT2D eigenvalue weighted by Crippen LogP contribution is -2.44. The number of nitrogens with one attached hydrogen (secondary N) is 2. The third kappa shape index (κ3) is 5.37. The number of benzene rings is 1. The van der Waals surface area contributed by atoms with Gasteiger partial charge in [-0.1, -0.05) is 23.2 Å². The second-order valence-electron chi connectivity index (χ2n) is 4.36. The SMILES string of the molecule is COC[C@H](C)N[C@@H](C)C(=O)Nc1cc(Cl)ccc1Cl. The highest BCUT2D eigenvalue weighted by molar-refractivity contribution is 6.35. The van der Waals surface area contributed by atoms with Gasteiger partial charge in [0.2, 0.25) is 5.91 Å². The molecule has 0 aromatic heterocycles. The summed E-state index contributed by atoms with van der Waals surface area (Å²) in [6, 6.07) is 4.65. The first-order valence-corrected chi connectivity index (χ1v) is 6.70. The Hall–Kier alpha value is -0.810. The topological polar surface area (TPSA) is 50.4 Å². The van der Waals surface area contributed by atoms with Crippen LogP contribution in [0.3, 0.4) is 0 Å². The Bertz CT molecular complexity index is 441. The highest BCUT2D eigenvalue weighted by Crippen LogP contribution is 2.25. The molecule has 0 aliphatic heterocycles. The number of halogens is 2. The fourth-order valence-electron chi connectivity index (χ4n) is 1.63. The fraction of sp³-hybridized carbons (Fsp3) is 0.462. The molecule has 0 saturated heterocycles. The Kier molecular flexibility index (Phi) is 6.58. The van der Waals surface area contributed by atoms with Crippen LogP contribution >= 0.6 is 23.2 Å². The van der Waals surface area contributed by atoms with Crippen molar-refractivity contribution in [1.29, 1.82) is 0 Å². The van der Waals surface area contributed by atoms with Crippen LogP contribution in [0.1, 0.15) is 13.8 Å². The van der Waals surface area contributed by atoms with Crippen LogP contribution in [0, 0.1) is 0 Å². The maximum atomic E-state index is 12.0. The molecule has 2 N–H and O–H groups in total. The summed E-state index contributed by atoms with van der Waals surface area (Å²) in [5.74, 6) is -0.174. The van der Waals surface area contributed by atoms with Gasteiger partial charge in [0.1, 0.15) is 0 Å². The van der Waals surface area contributed by atoms with Crippen molar-refractivity contribution in [3.63, 3.8) is 0 Å². The zero-order valence-corrected chi connectivity index (χ0v) is 12.7. The third-order valence-electron chi connectivity index (χ3n) is 2.53. The fourth-order valence-corrected chi connectivity index (χ4v) is 1.97. The van der Waals surface area contributed by atoms with E-state index in [-0.39, 0.29) is 18.0 Å². The molecule has 0 aliphatic rings. The molecule has 0 unspecified atom stereocenters. The standard InChI is InChI=1S/C13H18Cl2N2O2/c1-8(7-19-3)16-9(2)13(18)17-12-6-10(14)4-5-11(12)15/h4-6,8-9,16H,7H2,1-3H3,(H,17,18)/t8-,9-/m0/s1. The molecule has 0 spiro atoms. The predicted molar refractivity (Wildman–Crippen MR) is 79.0 cm³/mol. The van der Waals surface area contributed by atoms with E-state index in [1.807, 2.05) is 6.92 Å². The molecule has 106 valence electrons. The number of carbonyl (C=O) groups excluding carboxylic acids is 1. The average molecular weight is 305 g/mol. The lowest BCUT2D eigenvalue weighted by Gasteiger charge is -2.19. The molecule has 6 heteroatoms. The van der Waals surface area contributed by atoms with Crippen LogP contribution in [-0.2, 0) is 9.53 Å². The summed E-state index contributed by atoms with van der Waals surface area (Å²) < 4.78 is 5.00. The monoisotopic (exact) mass is 304 g/mol. The Morgan fingerprint density at radius 2 is 2.05 bits per heavy atom. The number of amides is 1. The van der Waals surface area contributed by atoms with Crippen molar-refractivity contribution < 1.29 is 9.53 Å². The molecule has 1 aromatic rings. The van der Waals surface area contributed by atoms with Crippen molar-refractivity contribution in [2.24, 2.45) is 0 Å². The van der Waals surface area contributed by atoms with Crippen molar-refractivity contribution in [2.75, 3.05) is 19.0 Å². The Balaban J connectivity index is 2.61. The molecule has 1 amide bonds. The van der Waals surface area contributed by atoms with Crippen molar-refractivity contribution >= 4 is 34.8 Å². The van der Waals surface area contributed by atoms with E-state index in [0.717, 1.165) is 0 Å². The molecule has 1 aromatic carbocycles. The van der Waals surface area contributed by atoms with Gasteiger partial charge < -0.3 is 15.4 Å². The van der Waals surface area contributed by atoms with Gasteiger partial charge in [0.25, 0.3) is 0 Å². The number of hydrogen-bond acceptors (Lipinski definition) is 3. The number of hydrogen-bond donors (Lipinski definition) is 2. The highest BCUT2D eigenvalue weighted by Gasteiger charge is 2.16. The zero-order valence-electron chi connectivity index (χ0n) is 11.2. The second-order valence-corrected chi connectivity index (χ2v) is 5.20. The van der Waals surface area contributed by atoms with Gasteiger partial charge in [0, 0.05) is 18.2 Å². The molecule has 0 heterocycles. The quantitative estimate of drug-likeness (QED) is 0.849. The molecular weight excluding hydrogens is 287 g/mol. The Labute approximate surface area is 123 Å².